The van der Waals surface area contributed by atoms with Gasteiger partial charge in [0.15, 0.2) is 11.6 Å². The van der Waals surface area contributed by atoms with Crippen LogP contribution in [0.1, 0.15) is 0 Å². The first kappa shape index (κ1) is 12.8. The second kappa shape index (κ2) is 4.72. The maximum atomic E-state index is 13.6. The molecule has 0 unspecified atom stereocenters. The van der Waals surface area contributed by atoms with E-state index in [9.17, 15) is 8.78 Å². The van der Waals surface area contributed by atoms with Crippen LogP contribution in [0.2, 0.25) is 5.02 Å². The van der Waals surface area contributed by atoms with Gasteiger partial charge in [-0.3, -0.25) is 0 Å². The molecule has 0 radical (unpaired) electrons. The molecule has 0 saturated carbocycles. The Hall–Kier alpha value is -1.21. The summed E-state index contributed by atoms with van der Waals surface area (Å²) in [4.78, 5) is 7.08. The van der Waals surface area contributed by atoms with Gasteiger partial charge >= 0.3 is 0 Å². The Morgan fingerprint density at radius 2 is 1.95 bits per heavy atom. The lowest BCUT2D eigenvalue weighted by Gasteiger charge is -2.00. The Bertz CT molecular complexity index is 786. The molecular weight excluding hydrogens is 385 g/mol. The minimum atomic E-state index is -0.947. The number of hydrogen-bond acceptors (Lipinski definition) is 1. The van der Waals surface area contributed by atoms with Crippen molar-refractivity contribution in [3.8, 4) is 11.4 Å². The van der Waals surface area contributed by atoms with Crippen LogP contribution in [0.5, 0.6) is 0 Å². The molecule has 0 bridgehead atoms. The van der Waals surface area contributed by atoms with Gasteiger partial charge in [0.2, 0.25) is 0 Å². The van der Waals surface area contributed by atoms with Crippen molar-refractivity contribution in [2.75, 3.05) is 0 Å². The third-order valence-corrected chi connectivity index (χ3v) is 3.91. The average molecular weight is 391 g/mol. The lowest BCUT2D eigenvalue weighted by atomic mass is 10.2. The second-order valence-electron chi connectivity index (χ2n) is 3.97. The van der Waals surface area contributed by atoms with Crippen LogP contribution in [-0.4, -0.2) is 9.97 Å². The lowest BCUT2D eigenvalue weighted by Crippen LogP contribution is -1.86. The smallest absolute Gasteiger partial charge is 0.186 e. The summed E-state index contributed by atoms with van der Waals surface area (Å²) in [5, 5.41) is 0.558. The highest BCUT2D eigenvalue weighted by atomic mass is 127. The number of aromatic amines is 1. The fourth-order valence-corrected chi connectivity index (χ4v) is 2.59. The maximum Gasteiger partial charge on any atom is 0.186 e. The van der Waals surface area contributed by atoms with Crippen LogP contribution in [0.4, 0.5) is 8.78 Å². The van der Waals surface area contributed by atoms with Crippen LogP contribution in [0.25, 0.3) is 22.4 Å². The molecule has 0 aliphatic rings. The highest BCUT2D eigenvalue weighted by Gasteiger charge is 2.14. The van der Waals surface area contributed by atoms with E-state index in [0.717, 1.165) is 15.2 Å². The molecule has 6 heteroatoms. The molecule has 0 fully saturated rings. The van der Waals surface area contributed by atoms with Crippen LogP contribution < -0.4 is 0 Å². The molecule has 96 valence electrons. The summed E-state index contributed by atoms with van der Waals surface area (Å²) in [5.41, 5.74) is 1.19. The van der Waals surface area contributed by atoms with Crippen molar-refractivity contribution < 1.29 is 8.78 Å². The van der Waals surface area contributed by atoms with Crippen molar-refractivity contribution in [3.05, 3.63) is 50.6 Å². The summed E-state index contributed by atoms with van der Waals surface area (Å²) in [7, 11) is 0. The highest BCUT2D eigenvalue weighted by Crippen LogP contribution is 2.29. The molecule has 3 aromatic rings. The van der Waals surface area contributed by atoms with Crippen molar-refractivity contribution in [2.24, 2.45) is 0 Å². The topological polar surface area (TPSA) is 28.7 Å². The van der Waals surface area contributed by atoms with Gasteiger partial charge < -0.3 is 4.98 Å². The van der Waals surface area contributed by atoms with Gasteiger partial charge in [-0.15, -0.1) is 0 Å². The zero-order valence-electron chi connectivity index (χ0n) is 9.35. The molecule has 0 aliphatic carbocycles. The molecule has 0 saturated heterocycles. The van der Waals surface area contributed by atoms with Crippen LogP contribution in [-0.2, 0) is 0 Å². The van der Waals surface area contributed by atoms with Gasteiger partial charge in [0.25, 0.3) is 0 Å². The summed E-state index contributed by atoms with van der Waals surface area (Å²) in [5.74, 6) is -1.39. The van der Waals surface area contributed by atoms with Crippen LogP contribution >= 0.6 is 34.2 Å². The van der Waals surface area contributed by atoms with E-state index < -0.39 is 11.6 Å². The molecule has 0 atom stereocenters. The number of rotatable bonds is 1. The quantitative estimate of drug-likeness (QED) is 0.596. The minimum absolute atomic E-state index is 0.00854. The van der Waals surface area contributed by atoms with Gasteiger partial charge in [0.1, 0.15) is 11.3 Å². The summed E-state index contributed by atoms with van der Waals surface area (Å²) in [6.07, 6.45) is 0. The van der Waals surface area contributed by atoms with E-state index in [0.29, 0.717) is 16.4 Å². The van der Waals surface area contributed by atoms with Crippen LogP contribution in [0, 0.1) is 15.2 Å². The summed E-state index contributed by atoms with van der Waals surface area (Å²) in [6.45, 7) is 0. The molecule has 0 aliphatic heterocycles. The van der Waals surface area contributed by atoms with Crippen molar-refractivity contribution >= 4 is 45.2 Å². The first-order valence-electron chi connectivity index (χ1n) is 5.35. The number of halogens is 4. The maximum absolute atomic E-state index is 13.6. The van der Waals surface area contributed by atoms with Crippen molar-refractivity contribution in [1.29, 1.82) is 0 Å². The number of aromatic nitrogens is 2. The van der Waals surface area contributed by atoms with Crippen molar-refractivity contribution in [1.82, 2.24) is 9.97 Å². The van der Waals surface area contributed by atoms with Crippen molar-refractivity contribution in [3.63, 3.8) is 0 Å². The Kier molecular flexibility index (Phi) is 3.18. The molecule has 1 heterocycles. The zero-order valence-corrected chi connectivity index (χ0v) is 12.3. The molecule has 1 N–H and O–H groups in total. The van der Waals surface area contributed by atoms with E-state index in [1.54, 1.807) is 12.1 Å². The standard InChI is InChI=1S/C13H6ClF2IN2/c14-6-1-3-9(17)7(5-6)13-18-10-4-2-8(15)11(16)12(10)19-13/h1-5H,(H,18,19). The predicted octanol–water partition coefficient (Wildman–Crippen LogP) is 4.77. The normalized spacial score (nSPS) is 11.2. The molecule has 0 amide bonds. The van der Waals surface area contributed by atoms with Gasteiger partial charge in [-0.25, -0.2) is 13.8 Å². The molecule has 1 aromatic heterocycles. The Morgan fingerprint density at radius 1 is 1.16 bits per heavy atom. The number of H-pyrrole nitrogens is 1. The fourth-order valence-electron chi connectivity index (χ4n) is 1.82. The zero-order chi connectivity index (χ0) is 13.6. The Morgan fingerprint density at radius 3 is 2.74 bits per heavy atom. The van der Waals surface area contributed by atoms with Gasteiger partial charge in [-0.05, 0) is 52.9 Å². The number of fused-ring (bicyclic) bond motifs is 1. The molecular formula is C13H6ClF2IN2. The number of nitrogens with zero attached hydrogens (tertiary/aromatic N) is 1. The fraction of sp³-hybridized carbons (Fsp3) is 0. The average Bonchev–Trinajstić information content (AvgIpc) is 2.81. The van der Waals surface area contributed by atoms with Gasteiger partial charge in [0, 0.05) is 14.2 Å². The van der Waals surface area contributed by atoms with Crippen LogP contribution in [0.3, 0.4) is 0 Å². The number of nitrogens with one attached hydrogen (secondary N) is 1. The first-order valence-corrected chi connectivity index (χ1v) is 6.81. The first-order chi connectivity index (χ1) is 9.06. The van der Waals surface area contributed by atoms with E-state index in [2.05, 4.69) is 32.6 Å². The van der Waals surface area contributed by atoms with E-state index in [1.165, 1.54) is 6.07 Å². The summed E-state index contributed by atoms with van der Waals surface area (Å²) < 4.78 is 27.7. The minimum Gasteiger partial charge on any atom is -0.338 e. The van der Waals surface area contributed by atoms with Gasteiger partial charge in [-0.2, -0.15) is 0 Å². The molecule has 3 rings (SSSR count). The molecule has 2 aromatic carbocycles. The highest BCUT2D eigenvalue weighted by molar-refractivity contribution is 14.1. The summed E-state index contributed by atoms with van der Waals surface area (Å²) in [6, 6.07) is 7.86. The molecule has 19 heavy (non-hydrogen) atoms. The number of hydrogen-bond donors (Lipinski definition) is 1. The third-order valence-electron chi connectivity index (χ3n) is 2.73. The molecule has 0 spiro atoms. The SMILES string of the molecule is Fc1ccc2[nH]c(-c3cc(Cl)ccc3I)nc2c1F. The van der Waals surface area contributed by atoms with Gasteiger partial charge in [-0.1, -0.05) is 11.6 Å². The van der Waals surface area contributed by atoms with E-state index in [4.69, 9.17) is 11.6 Å². The van der Waals surface area contributed by atoms with E-state index >= 15 is 0 Å². The van der Waals surface area contributed by atoms with E-state index in [1.807, 2.05) is 6.07 Å². The largest absolute Gasteiger partial charge is 0.338 e. The molecule has 2 nitrogen and oxygen atoms in total. The second-order valence-corrected chi connectivity index (χ2v) is 5.57. The summed E-state index contributed by atoms with van der Waals surface area (Å²) >= 11 is 8.08. The van der Waals surface area contributed by atoms with E-state index in [-0.39, 0.29) is 5.52 Å². The Balaban J connectivity index is 2.26. The van der Waals surface area contributed by atoms with Crippen molar-refractivity contribution in [2.45, 2.75) is 0 Å². The Labute approximate surface area is 125 Å². The van der Waals surface area contributed by atoms with Gasteiger partial charge in [0.05, 0.1) is 5.52 Å². The predicted molar refractivity (Wildman–Crippen MR) is 79.2 cm³/mol. The lowest BCUT2D eigenvalue weighted by molar-refractivity contribution is 0.515. The number of benzene rings is 2. The van der Waals surface area contributed by atoms with Crippen LogP contribution in [0.15, 0.2) is 30.3 Å². The number of imidazole rings is 1. The monoisotopic (exact) mass is 390 g/mol. The third kappa shape index (κ3) is 2.21.